The van der Waals surface area contributed by atoms with Gasteiger partial charge in [0.2, 0.25) is 0 Å². The number of benzene rings is 1. The number of ether oxygens (including phenoxy) is 2. The lowest BCUT2D eigenvalue weighted by atomic mass is 10.1. The lowest BCUT2D eigenvalue weighted by molar-refractivity contribution is -0.119. The van der Waals surface area contributed by atoms with Crippen molar-refractivity contribution < 1.29 is 14.3 Å². The number of Topliss-reactive ketones (excluding diaryl/α,β-unsaturated/α-hetero) is 1. The molecule has 0 bridgehead atoms. The summed E-state index contributed by atoms with van der Waals surface area (Å²) < 4.78 is 10.8. The Labute approximate surface area is 108 Å². The average molecular weight is 248 g/mol. The van der Waals surface area contributed by atoms with Crippen molar-refractivity contribution in [2.24, 2.45) is 0 Å². The maximum absolute atomic E-state index is 11.1. The van der Waals surface area contributed by atoms with Crippen molar-refractivity contribution in [3.63, 3.8) is 0 Å². The van der Waals surface area contributed by atoms with Crippen LogP contribution in [0.3, 0.4) is 0 Å². The summed E-state index contributed by atoms with van der Waals surface area (Å²) in [6.07, 6.45) is 4.09. The van der Waals surface area contributed by atoms with Gasteiger partial charge in [-0.3, -0.25) is 4.79 Å². The quantitative estimate of drug-likeness (QED) is 0.695. The van der Waals surface area contributed by atoms with Gasteiger partial charge in [-0.2, -0.15) is 0 Å². The van der Waals surface area contributed by atoms with Gasteiger partial charge in [0, 0.05) is 6.42 Å². The molecule has 0 saturated carbocycles. The zero-order chi connectivity index (χ0) is 13.4. The summed E-state index contributed by atoms with van der Waals surface area (Å²) in [4.78, 5) is 11.1. The fraction of sp³-hybridized carbons (Fsp3) is 0.400. The molecule has 98 valence electrons. The van der Waals surface area contributed by atoms with E-state index < -0.39 is 0 Å². The molecule has 0 N–H and O–H groups in total. The Kier molecular flexibility index (Phi) is 6.15. The Balaban J connectivity index is 2.52. The summed E-state index contributed by atoms with van der Waals surface area (Å²) in [6.45, 7) is 3.99. The summed E-state index contributed by atoms with van der Waals surface area (Å²) in [7, 11) is 1.64. The molecular weight excluding hydrogens is 228 g/mol. The summed E-state index contributed by atoms with van der Waals surface area (Å²) in [6, 6.07) is 7.71. The number of carbonyl (C=O) groups is 1. The molecule has 0 unspecified atom stereocenters. The molecule has 0 saturated heterocycles. The van der Waals surface area contributed by atoms with Crippen molar-refractivity contribution in [2.45, 2.75) is 33.0 Å². The van der Waals surface area contributed by atoms with Crippen LogP contribution >= 0.6 is 0 Å². The van der Waals surface area contributed by atoms with Crippen LogP contribution in [-0.4, -0.2) is 19.0 Å². The second kappa shape index (κ2) is 7.67. The van der Waals surface area contributed by atoms with E-state index in [1.165, 1.54) is 0 Å². The molecule has 18 heavy (non-hydrogen) atoms. The third-order valence-corrected chi connectivity index (χ3v) is 2.52. The highest BCUT2D eigenvalue weighted by Crippen LogP contribution is 2.13. The van der Waals surface area contributed by atoms with E-state index in [9.17, 15) is 4.79 Å². The maximum Gasteiger partial charge on any atom is 0.132 e. The molecule has 0 aromatic heterocycles. The van der Waals surface area contributed by atoms with Crippen molar-refractivity contribution in [3.05, 3.63) is 42.0 Å². The van der Waals surface area contributed by atoms with Crippen LogP contribution in [0.15, 0.2) is 36.4 Å². The Hall–Kier alpha value is -1.61. The first-order valence-electron chi connectivity index (χ1n) is 6.02. The second-order valence-corrected chi connectivity index (χ2v) is 4.13. The lowest BCUT2D eigenvalue weighted by Crippen LogP contribution is -2.13. The SMILES string of the molecule is C/C=C/[C@H](CC(C)=O)OCc1ccc(OC)cc1. The van der Waals surface area contributed by atoms with Crippen molar-refractivity contribution in [3.8, 4) is 5.75 Å². The van der Waals surface area contributed by atoms with E-state index in [0.717, 1.165) is 11.3 Å². The van der Waals surface area contributed by atoms with Gasteiger partial charge in [0.1, 0.15) is 11.5 Å². The molecule has 0 radical (unpaired) electrons. The number of ketones is 1. The number of methoxy groups -OCH3 is 1. The largest absolute Gasteiger partial charge is 0.497 e. The van der Waals surface area contributed by atoms with Gasteiger partial charge in [-0.1, -0.05) is 24.3 Å². The minimum absolute atomic E-state index is 0.132. The predicted octanol–water partition coefficient (Wildman–Crippen LogP) is 3.14. The van der Waals surface area contributed by atoms with E-state index in [4.69, 9.17) is 9.47 Å². The Morgan fingerprint density at radius 2 is 2.00 bits per heavy atom. The molecule has 0 aliphatic carbocycles. The normalized spacial score (nSPS) is 12.6. The van der Waals surface area contributed by atoms with Crippen LogP contribution in [0.1, 0.15) is 25.8 Å². The van der Waals surface area contributed by atoms with E-state index in [1.54, 1.807) is 14.0 Å². The van der Waals surface area contributed by atoms with Gasteiger partial charge < -0.3 is 9.47 Å². The van der Waals surface area contributed by atoms with Crippen LogP contribution in [0.2, 0.25) is 0 Å². The average Bonchev–Trinajstić information content (AvgIpc) is 2.36. The lowest BCUT2D eigenvalue weighted by Gasteiger charge is -2.13. The molecule has 3 nitrogen and oxygen atoms in total. The van der Waals surface area contributed by atoms with Crippen molar-refractivity contribution in [1.82, 2.24) is 0 Å². The highest BCUT2D eigenvalue weighted by atomic mass is 16.5. The van der Waals surface area contributed by atoms with Crippen molar-refractivity contribution >= 4 is 5.78 Å². The van der Waals surface area contributed by atoms with Gasteiger partial charge in [0.15, 0.2) is 0 Å². The number of rotatable bonds is 7. The van der Waals surface area contributed by atoms with Crippen LogP contribution in [0.25, 0.3) is 0 Å². The van der Waals surface area contributed by atoms with E-state index >= 15 is 0 Å². The smallest absolute Gasteiger partial charge is 0.132 e. The first kappa shape index (κ1) is 14.5. The van der Waals surface area contributed by atoms with Crippen molar-refractivity contribution in [1.29, 1.82) is 0 Å². The van der Waals surface area contributed by atoms with Crippen LogP contribution in [-0.2, 0) is 16.1 Å². The fourth-order valence-electron chi connectivity index (χ4n) is 1.61. The molecule has 0 amide bonds. The van der Waals surface area contributed by atoms with Crippen LogP contribution < -0.4 is 4.74 Å². The Morgan fingerprint density at radius 3 is 2.50 bits per heavy atom. The first-order chi connectivity index (χ1) is 8.65. The number of carbonyl (C=O) groups excluding carboxylic acids is 1. The van der Waals surface area contributed by atoms with E-state index in [1.807, 2.05) is 43.3 Å². The molecule has 1 aromatic carbocycles. The van der Waals surface area contributed by atoms with Crippen LogP contribution in [0.5, 0.6) is 5.75 Å². The molecule has 0 heterocycles. The van der Waals surface area contributed by atoms with Crippen LogP contribution in [0.4, 0.5) is 0 Å². The molecule has 1 aromatic rings. The zero-order valence-corrected chi connectivity index (χ0v) is 11.2. The van der Waals surface area contributed by atoms with Gasteiger partial charge in [0.05, 0.1) is 19.8 Å². The van der Waals surface area contributed by atoms with Gasteiger partial charge in [-0.15, -0.1) is 0 Å². The monoisotopic (exact) mass is 248 g/mol. The molecule has 0 aliphatic rings. The maximum atomic E-state index is 11.1. The summed E-state index contributed by atoms with van der Waals surface area (Å²) in [5.41, 5.74) is 1.06. The molecule has 1 atom stereocenters. The van der Waals surface area contributed by atoms with Crippen LogP contribution in [0, 0.1) is 0 Å². The molecule has 0 aliphatic heterocycles. The molecular formula is C15H20O3. The number of hydrogen-bond donors (Lipinski definition) is 0. The third-order valence-electron chi connectivity index (χ3n) is 2.52. The Morgan fingerprint density at radius 1 is 1.33 bits per heavy atom. The van der Waals surface area contributed by atoms with E-state index in [-0.39, 0.29) is 11.9 Å². The van der Waals surface area contributed by atoms with Gasteiger partial charge in [-0.25, -0.2) is 0 Å². The topological polar surface area (TPSA) is 35.5 Å². The van der Waals surface area contributed by atoms with Crippen molar-refractivity contribution in [2.75, 3.05) is 7.11 Å². The summed E-state index contributed by atoms with van der Waals surface area (Å²) in [5, 5.41) is 0. The number of allylic oxidation sites excluding steroid dienone is 1. The second-order valence-electron chi connectivity index (χ2n) is 4.13. The molecule has 0 spiro atoms. The zero-order valence-electron chi connectivity index (χ0n) is 11.2. The Bertz CT molecular complexity index is 393. The van der Waals surface area contributed by atoms with Gasteiger partial charge >= 0.3 is 0 Å². The fourth-order valence-corrected chi connectivity index (χ4v) is 1.61. The highest BCUT2D eigenvalue weighted by Gasteiger charge is 2.08. The van der Waals surface area contributed by atoms with Gasteiger partial charge in [-0.05, 0) is 31.5 Å². The standard InChI is InChI=1S/C15H20O3/c1-4-5-15(10-12(2)16)18-11-13-6-8-14(17-3)9-7-13/h4-9,15H,10-11H2,1-3H3/b5-4+/t15-/m1/s1. The molecule has 0 fully saturated rings. The minimum Gasteiger partial charge on any atom is -0.497 e. The van der Waals surface area contributed by atoms with E-state index in [2.05, 4.69) is 0 Å². The third kappa shape index (κ3) is 5.15. The van der Waals surface area contributed by atoms with Gasteiger partial charge in [0.25, 0.3) is 0 Å². The molecule has 1 rings (SSSR count). The number of hydrogen-bond acceptors (Lipinski definition) is 3. The summed E-state index contributed by atoms with van der Waals surface area (Å²) in [5.74, 6) is 0.959. The summed E-state index contributed by atoms with van der Waals surface area (Å²) >= 11 is 0. The minimum atomic E-state index is -0.144. The predicted molar refractivity (Wildman–Crippen MR) is 71.7 cm³/mol. The highest BCUT2D eigenvalue weighted by molar-refractivity contribution is 5.76. The van der Waals surface area contributed by atoms with E-state index in [0.29, 0.717) is 13.0 Å². The molecule has 3 heteroatoms. The first-order valence-corrected chi connectivity index (χ1v) is 6.02.